The van der Waals surface area contributed by atoms with Crippen molar-refractivity contribution in [2.75, 3.05) is 17.2 Å². The van der Waals surface area contributed by atoms with E-state index < -0.39 is 30.1 Å². The molecular weight excluding hydrogens is 697 g/mol. The Bertz CT molecular complexity index is 2560. The first kappa shape index (κ1) is 34.4. The van der Waals surface area contributed by atoms with Gasteiger partial charge in [-0.05, 0) is 61.6 Å². The van der Waals surface area contributed by atoms with E-state index in [2.05, 4.69) is 36.3 Å². The van der Waals surface area contributed by atoms with Gasteiger partial charge in [0.25, 0.3) is 11.5 Å². The van der Waals surface area contributed by atoms with Crippen LogP contribution >= 0.6 is 0 Å². The van der Waals surface area contributed by atoms with Gasteiger partial charge in [0.1, 0.15) is 23.7 Å². The normalized spacial score (nSPS) is 18.1. The number of aromatic nitrogens is 7. The Hall–Kier alpha value is -6.65. The number of rotatable bonds is 12. The molecule has 1 aliphatic heterocycles. The molecular formula is C37H36FN11O5. The molecule has 1 aromatic carbocycles. The molecule has 1 saturated heterocycles. The van der Waals surface area contributed by atoms with Crippen LogP contribution in [0.15, 0.2) is 82.8 Å². The van der Waals surface area contributed by atoms with Gasteiger partial charge in [0.15, 0.2) is 17.2 Å². The Labute approximate surface area is 306 Å². The second-order valence-corrected chi connectivity index (χ2v) is 13.4. The summed E-state index contributed by atoms with van der Waals surface area (Å²) in [5.41, 5.74) is 2.89. The average Bonchev–Trinajstić information content (AvgIpc) is 3.57. The molecule has 3 amide bonds. The number of piperidine rings is 1. The standard InChI is InChI=1S/C37H36FN11O5/c1-46-32-21(9-6-11-26(32)48(37(46)54)27-13-14-31(50)44-34(27)51)8-2-4-15-39-25-19-29(42-23-10-7-17-47(36(23)53)30-12-3-5-16-40-30)45-49-28(20-41-33(25)49)35(52)43-24-18-22(24)38/h3,5-7,9-12,16-17,19-20,22,24,27,39H,2,4,8,13-15,18H2,1H3,(H,42,45)(H,43,52)(H,44,50,51)/t22-,24+,27?/m0/s1. The molecule has 1 aliphatic carbocycles. The molecule has 1 saturated carbocycles. The highest BCUT2D eigenvalue weighted by Crippen LogP contribution is 2.28. The lowest BCUT2D eigenvalue weighted by Crippen LogP contribution is -2.44. The van der Waals surface area contributed by atoms with E-state index in [1.165, 1.54) is 19.8 Å². The lowest BCUT2D eigenvalue weighted by Gasteiger charge is -2.22. The smallest absolute Gasteiger partial charge is 0.329 e. The summed E-state index contributed by atoms with van der Waals surface area (Å²) in [5.74, 6) is -0.634. The summed E-state index contributed by atoms with van der Waals surface area (Å²) in [6, 6.07) is 14.6. The Kier molecular flexibility index (Phi) is 8.96. The predicted molar refractivity (Wildman–Crippen MR) is 197 cm³/mol. The fourth-order valence-corrected chi connectivity index (χ4v) is 6.89. The minimum atomic E-state index is -1.09. The molecule has 16 nitrogen and oxygen atoms in total. The number of anilines is 3. The second-order valence-electron chi connectivity index (χ2n) is 13.4. The molecule has 276 valence electrons. The second kappa shape index (κ2) is 14.1. The summed E-state index contributed by atoms with van der Waals surface area (Å²) < 4.78 is 19.4. The minimum Gasteiger partial charge on any atom is -0.382 e. The number of fused-ring (bicyclic) bond motifs is 2. The third-order valence-electron chi connectivity index (χ3n) is 9.73. The Morgan fingerprint density at radius 3 is 2.65 bits per heavy atom. The first-order chi connectivity index (χ1) is 26.2. The zero-order chi connectivity index (χ0) is 37.5. The summed E-state index contributed by atoms with van der Waals surface area (Å²) >= 11 is 0. The molecule has 3 atom stereocenters. The molecule has 6 heterocycles. The van der Waals surface area contributed by atoms with Crippen LogP contribution in [0.1, 0.15) is 54.2 Å². The van der Waals surface area contributed by atoms with E-state index >= 15 is 0 Å². The number of pyridine rings is 2. The fourth-order valence-electron chi connectivity index (χ4n) is 6.89. The van der Waals surface area contributed by atoms with Crippen LogP contribution in [-0.4, -0.2) is 69.8 Å². The number of benzene rings is 1. The number of aryl methyl sites for hydroxylation is 2. The van der Waals surface area contributed by atoms with Gasteiger partial charge in [0, 0.05) is 44.9 Å². The van der Waals surface area contributed by atoms with Crippen LogP contribution in [0.2, 0.25) is 0 Å². The van der Waals surface area contributed by atoms with E-state index in [4.69, 9.17) is 0 Å². The van der Waals surface area contributed by atoms with Crippen LogP contribution in [-0.2, 0) is 23.1 Å². The van der Waals surface area contributed by atoms with Gasteiger partial charge in [-0.15, -0.1) is 5.10 Å². The van der Waals surface area contributed by atoms with Gasteiger partial charge < -0.3 is 16.0 Å². The Morgan fingerprint density at radius 1 is 1.02 bits per heavy atom. The van der Waals surface area contributed by atoms with Crippen molar-refractivity contribution in [2.24, 2.45) is 7.05 Å². The van der Waals surface area contributed by atoms with Gasteiger partial charge in [0.2, 0.25) is 11.8 Å². The molecule has 2 aliphatic rings. The number of alkyl halides is 1. The number of imide groups is 1. The number of carbonyl (C=O) groups excluding carboxylic acids is 3. The summed E-state index contributed by atoms with van der Waals surface area (Å²) in [7, 11) is 1.68. The molecule has 2 fully saturated rings. The number of nitrogens with zero attached hydrogens (tertiary/aromatic N) is 7. The zero-order valence-electron chi connectivity index (χ0n) is 29.2. The lowest BCUT2D eigenvalue weighted by molar-refractivity contribution is -0.135. The molecule has 0 spiro atoms. The maximum absolute atomic E-state index is 13.6. The van der Waals surface area contributed by atoms with E-state index in [1.807, 2.05) is 18.2 Å². The van der Waals surface area contributed by atoms with Crippen LogP contribution < -0.4 is 32.5 Å². The van der Waals surface area contributed by atoms with Gasteiger partial charge >= 0.3 is 5.69 Å². The third kappa shape index (κ3) is 6.48. The van der Waals surface area contributed by atoms with Crippen LogP contribution in [0.25, 0.3) is 22.5 Å². The fraction of sp³-hybridized carbons (Fsp3) is 0.297. The van der Waals surface area contributed by atoms with Crippen LogP contribution in [0.4, 0.5) is 21.6 Å². The Morgan fingerprint density at radius 2 is 1.87 bits per heavy atom. The molecule has 17 heteroatoms. The van der Waals surface area contributed by atoms with E-state index in [0.717, 1.165) is 17.5 Å². The largest absolute Gasteiger partial charge is 0.382 e. The van der Waals surface area contributed by atoms with Gasteiger partial charge in [-0.2, -0.15) is 0 Å². The first-order valence-corrected chi connectivity index (χ1v) is 17.7. The summed E-state index contributed by atoms with van der Waals surface area (Å²) in [6.07, 6.45) is 6.26. The molecule has 0 radical (unpaired) electrons. The monoisotopic (exact) mass is 733 g/mol. The maximum Gasteiger partial charge on any atom is 0.329 e. The molecule has 54 heavy (non-hydrogen) atoms. The predicted octanol–water partition coefficient (Wildman–Crippen LogP) is 2.92. The molecule has 5 aromatic heterocycles. The van der Waals surface area contributed by atoms with Crippen molar-refractivity contribution in [3.05, 3.63) is 105 Å². The highest BCUT2D eigenvalue weighted by molar-refractivity contribution is 6.00. The van der Waals surface area contributed by atoms with Crippen molar-refractivity contribution < 1.29 is 18.8 Å². The van der Waals surface area contributed by atoms with E-state index in [0.29, 0.717) is 42.1 Å². The van der Waals surface area contributed by atoms with Crippen molar-refractivity contribution in [1.82, 2.24) is 43.9 Å². The van der Waals surface area contributed by atoms with Gasteiger partial charge in [-0.3, -0.25) is 38.2 Å². The highest BCUT2D eigenvalue weighted by Gasteiger charge is 2.39. The van der Waals surface area contributed by atoms with Crippen molar-refractivity contribution >= 4 is 51.6 Å². The number of imidazole rings is 2. The first-order valence-electron chi connectivity index (χ1n) is 17.7. The topological polar surface area (TPSA) is 191 Å². The minimum absolute atomic E-state index is 0.109. The number of hydrogen-bond donors (Lipinski definition) is 4. The molecule has 6 aromatic rings. The van der Waals surface area contributed by atoms with Crippen molar-refractivity contribution in [3.63, 3.8) is 0 Å². The number of nitrogens with one attached hydrogen (secondary N) is 4. The third-order valence-corrected chi connectivity index (χ3v) is 9.73. The zero-order valence-corrected chi connectivity index (χ0v) is 29.2. The molecule has 8 rings (SSSR count). The summed E-state index contributed by atoms with van der Waals surface area (Å²) in [5, 5.41) is 16.1. The Balaban J connectivity index is 1.02. The maximum atomic E-state index is 13.6. The van der Waals surface area contributed by atoms with Gasteiger partial charge in [-0.1, -0.05) is 18.2 Å². The number of para-hydroxylation sites is 1. The van der Waals surface area contributed by atoms with E-state index in [1.54, 1.807) is 60.4 Å². The van der Waals surface area contributed by atoms with Crippen LogP contribution in [0.3, 0.4) is 0 Å². The number of carbonyl (C=O) groups is 3. The SMILES string of the molecule is Cn1c(=O)n(C2CCC(=O)NC2=O)c2cccc(CCCCNc3cc(Nc4cccn(-c5ccccn5)c4=O)nn4c(C(=O)N[C@@H]5C[C@@H]5F)cnc34)c21. The summed E-state index contributed by atoms with van der Waals surface area (Å²) in [4.78, 5) is 73.0. The van der Waals surface area contributed by atoms with Crippen LogP contribution in [0, 0.1) is 0 Å². The number of unbranched alkanes of at least 4 members (excludes halogenated alkanes) is 1. The average molecular weight is 734 g/mol. The molecule has 4 N–H and O–H groups in total. The van der Waals surface area contributed by atoms with E-state index in [9.17, 15) is 28.4 Å². The summed E-state index contributed by atoms with van der Waals surface area (Å²) in [6.45, 7) is 0.503. The molecule has 0 bridgehead atoms. The van der Waals surface area contributed by atoms with Crippen molar-refractivity contribution in [2.45, 2.75) is 56.8 Å². The number of hydrogen-bond acceptors (Lipinski definition) is 10. The lowest BCUT2D eigenvalue weighted by atomic mass is 10.0. The van der Waals surface area contributed by atoms with Crippen molar-refractivity contribution in [1.29, 1.82) is 0 Å². The molecule has 1 unspecified atom stereocenters. The highest BCUT2D eigenvalue weighted by atomic mass is 19.1. The van der Waals surface area contributed by atoms with Gasteiger partial charge in [0.05, 0.1) is 29.0 Å². The number of halogens is 1. The van der Waals surface area contributed by atoms with Gasteiger partial charge in [-0.25, -0.2) is 23.7 Å². The quantitative estimate of drug-likeness (QED) is 0.107. The number of amides is 3. The van der Waals surface area contributed by atoms with Crippen molar-refractivity contribution in [3.8, 4) is 5.82 Å². The van der Waals surface area contributed by atoms with Crippen LogP contribution in [0.5, 0.6) is 0 Å². The van der Waals surface area contributed by atoms with E-state index in [-0.39, 0.29) is 53.6 Å².